The number of amides is 3. The number of hydrogen-bond acceptors (Lipinski definition) is 3. The molecule has 0 atom stereocenters. The van der Waals surface area contributed by atoms with Gasteiger partial charge >= 0.3 is 6.03 Å². The number of nitrogens with one attached hydrogen (secondary N) is 1. The summed E-state index contributed by atoms with van der Waals surface area (Å²) < 4.78 is 0. The molecule has 44 valence electrons. The van der Waals surface area contributed by atoms with Crippen LogP contribution in [-0.2, 0) is 4.79 Å². The van der Waals surface area contributed by atoms with Crippen LogP contribution in [0, 0.1) is 0 Å². The lowest BCUT2D eigenvalue weighted by Crippen LogP contribution is -2.23. The smallest absolute Gasteiger partial charge is 0.333 e. The Kier molecular flexibility index (Phi) is 3.04. The molecule has 0 aliphatic heterocycles. The molecule has 3 amide bonds. The molecule has 0 aromatic rings. The van der Waals surface area contributed by atoms with E-state index in [1.807, 2.05) is 0 Å². The normalized spacial score (nSPS) is 9.00. The molecule has 3 N–H and O–H groups in total. The van der Waals surface area contributed by atoms with Crippen molar-refractivity contribution in [3.05, 3.63) is 0 Å². The molecule has 0 bridgehead atoms. The lowest BCUT2D eigenvalue weighted by Gasteiger charge is -1.82. The first-order chi connectivity index (χ1) is 3.77. The molecule has 0 aliphatic carbocycles. The van der Waals surface area contributed by atoms with E-state index < -0.39 is 6.03 Å². The number of hydrogen-bond donors (Lipinski definition) is 2. The lowest BCUT2D eigenvalue weighted by molar-refractivity contribution is -0.107. The van der Waals surface area contributed by atoms with Crippen LogP contribution in [0.1, 0.15) is 0 Å². The maximum absolute atomic E-state index is 9.72. The first-order valence-electron chi connectivity index (χ1n) is 1.66. The Morgan fingerprint density at radius 1 is 1.75 bits per heavy atom. The Morgan fingerprint density at radius 3 is 2.75 bits per heavy atom. The summed E-state index contributed by atoms with van der Waals surface area (Å²) in [5.74, 6) is 0. The molecule has 0 aromatic carbocycles. The van der Waals surface area contributed by atoms with Gasteiger partial charge in [0.15, 0.2) is 0 Å². The molecule has 0 saturated carbocycles. The molecule has 0 aliphatic rings. The third-order valence-corrected chi connectivity index (χ3v) is 0.265. The number of primary amides is 1. The summed E-state index contributed by atoms with van der Waals surface area (Å²) in [5, 5.41) is 5.57. The molecule has 0 radical (unpaired) electrons. The molecular weight excluding hydrogens is 112 g/mol. The maximum Gasteiger partial charge on any atom is 0.333 e. The van der Waals surface area contributed by atoms with Crippen LogP contribution in [-0.4, -0.2) is 12.4 Å². The fourth-order valence-electron chi connectivity index (χ4n) is 0.102. The van der Waals surface area contributed by atoms with Crippen molar-refractivity contribution in [1.82, 2.24) is 5.43 Å². The number of urea groups is 1. The number of carbonyl (C=O) groups is 2. The Hall–Kier alpha value is -1.46. The SMILES string of the molecule is NC(=O)NN=NC=O. The summed E-state index contributed by atoms with van der Waals surface area (Å²) in [5.41, 5.74) is 6.23. The van der Waals surface area contributed by atoms with Crippen LogP contribution in [0.25, 0.3) is 0 Å². The van der Waals surface area contributed by atoms with Gasteiger partial charge in [0, 0.05) is 0 Å². The van der Waals surface area contributed by atoms with Crippen molar-refractivity contribution in [3.8, 4) is 0 Å². The monoisotopic (exact) mass is 116 g/mol. The summed E-state index contributed by atoms with van der Waals surface area (Å²) >= 11 is 0. The second-order valence-corrected chi connectivity index (χ2v) is 0.797. The fraction of sp³-hybridized carbons (Fsp3) is 0. The van der Waals surface area contributed by atoms with Crippen molar-refractivity contribution in [2.24, 2.45) is 16.1 Å². The molecule has 0 rings (SSSR count). The highest BCUT2D eigenvalue weighted by Gasteiger charge is 1.81. The molecule has 0 fully saturated rings. The van der Waals surface area contributed by atoms with Crippen molar-refractivity contribution in [2.75, 3.05) is 0 Å². The second-order valence-electron chi connectivity index (χ2n) is 0.797. The van der Waals surface area contributed by atoms with Gasteiger partial charge in [-0.05, 0) is 0 Å². The van der Waals surface area contributed by atoms with Gasteiger partial charge < -0.3 is 5.73 Å². The number of rotatable bonds is 2. The Labute approximate surface area is 44.7 Å². The molecule has 6 heteroatoms. The average molecular weight is 116 g/mol. The molecule has 0 heterocycles. The van der Waals surface area contributed by atoms with E-state index in [2.05, 4.69) is 16.1 Å². The molecule has 0 saturated heterocycles. The minimum atomic E-state index is -0.851. The first-order valence-corrected chi connectivity index (χ1v) is 1.66. The van der Waals surface area contributed by atoms with E-state index in [0.717, 1.165) is 0 Å². The summed E-state index contributed by atoms with van der Waals surface area (Å²) in [6.07, 6.45) is 0.177. The van der Waals surface area contributed by atoms with E-state index in [1.54, 1.807) is 5.43 Å². The van der Waals surface area contributed by atoms with Gasteiger partial charge in [0.05, 0.1) is 0 Å². The zero-order valence-electron chi connectivity index (χ0n) is 3.87. The third kappa shape index (κ3) is 4.54. The summed E-state index contributed by atoms with van der Waals surface area (Å²) in [6.45, 7) is 0. The number of carbonyl (C=O) groups excluding carboxylic acids is 2. The van der Waals surface area contributed by atoms with Crippen molar-refractivity contribution in [2.45, 2.75) is 0 Å². The lowest BCUT2D eigenvalue weighted by atomic mass is 11.2. The second kappa shape index (κ2) is 3.72. The van der Waals surface area contributed by atoms with Gasteiger partial charge in [0.1, 0.15) is 0 Å². The van der Waals surface area contributed by atoms with Gasteiger partial charge in [-0.15, -0.1) is 0 Å². The van der Waals surface area contributed by atoms with E-state index in [4.69, 9.17) is 0 Å². The van der Waals surface area contributed by atoms with Crippen LogP contribution >= 0.6 is 0 Å². The standard InChI is InChI=1S/C2H4N4O2/c3-2(8)5-6-4-1-7/h1H,(H3,3,4,5,7,8). The number of nitrogens with two attached hydrogens (primary N) is 1. The number of nitrogens with zero attached hydrogens (tertiary/aromatic N) is 2. The van der Waals surface area contributed by atoms with E-state index in [9.17, 15) is 9.59 Å². The highest BCUT2D eigenvalue weighted by Crippen LogP contribution is 1.59. The minimum absolute atomic E-state index is 0.177. The van der Waals surface area contributed by atoms with Gasteiger partial charge in [-0.3, -0.25) is 4.79 Å². The van der Waals surface area contributed by atoms with E-state index in [1.165, 1.54) is 0 Å². The minimum Gasteiger partial charge on any atom is -0.350 e. The van der Waals surface area contributed by atoms with E-state index in [-0.39, 0.29) is 6.41 Å². The van der Waals surface area contributed by atoms with Crippen molar-refractivity contribution >= 4 is 12.4 Å². The highest BCUT2D eigenvalue weighted by atomic mass is 16.2. The van der Waals surface area contributed by atoms with Crippen molar-refractivity contribution in [1.29, 1.82) is 0 Å². The Morgan fingerprint density at radius 2 is 2.38 bits per heavy atom. The average Bonchev–Trinajstić information content (AvgIpc) is 1.66. The summed E-state index contributed by atoms with van der Waals surface area (Å²) in [7, 11) is 0. The van der Waals surface area contributed by atoms with Gasteiger partial charge in [0.25, 0.3) is 6.41 Å². The fourth-order valence-corrected chi connectivity index (χ4v) is 0.102. The molecule has 0 unspecified atom stereocenters. The zero-order chi connectivity index (χ0) is 6.41. The molecule has 6 nitrogen and oxygen atoms in total. The van der Waals surface area contributed by atoms with E-state index in [0.29, 0.717) is 0 Å². The van der Waals surface area contributed by atoms with Crippen LogP contribution in [0.2, 0.25) is 0 Å². The third-order valence-electron chi connectivity index (χ3n) is 0.265. The maximum atomic E-state index is 9.72. The van der Waals surface area contributed by atoms with Crippen molar-refractivity contribution in [3.63, 3.8) is 0 Å². The van der Waals surface area contributed by atoms with Gasteiger partial charge in [-0.1, -0.05) is 10.3 Å². The molecule has 0 aromatic heterocycles. The van der Waals surface area contributed by atoms with Crippen molar-refractivity contribution < 1.29 is 9.59 Å². The van der Waals surface area contributed by atoms with Gasteiger partial charge in [0.2, 0.25) is 0 Å². The van der Waals surface area contributed by atoms with Crippen LogP contribution in [0.3, 0.4) is 0 Å². The van der Waals surface area contributed by atoms with Gasteiger partial charge in [-0.2, -0.15) is 0 Å². The van der Waals surface area contributed by atoms with Crippen LogP contribution in [0.4, 0.5) is 4.79 Å². The first kappa shape index (κ1) is 6.54. The summed E-state index contributed by atoms with van der Waals surface area (Å²) in [4.78, 5) is 19.0. The Balaban J connectivity index is 3.29. The largest absolute Gasteiger partial charge is 0.350 e. The predicted octanol–water partition coefficient (Wildman–Crippen LogP) is -0.822. The van der Waals surface area contributed by atoms with Crippen LogP contribution in [0.15, 0.2) is 10.3 Å². The Bertz CT molecular complexity index is 119. The van der Waals surface area contributed by atoms with Crippen LogP contribution in [0.5, 0.6) is 0 Å². The van der Waals surface area contributed by atoms with Crippen LogP contribution < -0.4 is 11.2 Å². The molecular formula is C2H4N4O2. The topological polar surface area (TPSA) is 96.9 Å². The quantitative estimate of drug-likeness (QED) is 0.280. The van der Waals surface area contributed by atoms with E-state index >= 15 is 0 Å². The van der Waals surface area contributed by atoms with Gasteiger partial charge in [-0.25, -0.2) is 10.2 Å². The predicted molar refractivity (Wildman–Crippen MR) is 23.6 cm³/mol. The molecule has 8 heavy (non-hydrogen) atoms. The summed E-state index contributed by atoms with van der Waals surface area (Å²) in [6, 6.07) is -0.851. The zero-order valence-corrected chi connectivity index (χ0v) is 3.87. The molecule has 0 spiro atoms. The highest BCUT2D eigenvalue weighted by molar-refractivity contribution is 5.71.